The van der Waals surface area contributed by atoms with Gasteiger partial charge in [-0.3, -0.25) is 4.90 Å². The molecule has 0 saturated carbocycles. The Morgan fingerprint density at radius 1 is 1.20 bits per heavy atom. The number of benzene rings is 1. The highest BCUT2D eigenvalue weighted by Gasteiger charge is 2.27. The first-order chi connectivity index (χ1) is 12.3. The molecule has 0 unspecified atom stereocenters. The molecule has 134 valence electrons. The van der Waals surface area contributed by atoms with E-state index in [1.807, 2.05) is 11.3 Å². The van der Waals surface area contributed by atoms with E-state index in [0.717, 1.165) is 50.3 Å². The molecule has 0 amide bonds. The third-order valence-electron chi connectivity index (χ3n) is 5.05. The van der Waals surface area contributed by atoms with Gasteiger partial charge in [-0.15, -0.1) is 11.3 Å². The van der Waals surface area contributed by atoms with Crippen LogP contribution < -0.4 is 9.64 Å². The van der Waals surface area contributed by atoms with Gasteiger partial charge >= 0.3 is 0 Å². The highest BCUT2D eigenvalue weighted by molar-refractivity contribution is 7.15. The Hall–Kier alpha value is -1.63. The molecule has 3 heterocycles. The van der Waals surface area contributed by atoms with Crippen LogP contribution in [0.1, 0.15) is 29.3 Å². The van der Waals surface area contributed by atoms with E-state index in [1.54, 1.807) is 7.11 Å². The van der Waals surface area contributed by atoms with Crippen LogP contribution >= 0.6 is 11.3 Å². The first-order valence-corrected chi connectivity index (χ1v) is 9.80. The Morgan fingerprint density at radius 3 is 2.76 bits per heavy atom. The van der Waals surface area contributed by atoms with Crippen molar-refractivity contribution < 1.29 is 9.47 Å². The van der Waals surface area contributed by atoms with Crippen molar-refractivity contribution in [2.24, 2.45) is 0 Å². The largest absolute Gasteiger partial charge is 0.497 e. The molecule has 0 bridgehead atoms. The maximum absolute atomic E-state index is 5.43. The molecule has 2 aliphatic heterocycles. The van der Waals surface area contributed by atoms with Crippen molar-refractivity contribution in [3.63, 3.8) is 0 Å². The topological polar surface area (TPSA) is 37.8 Å². The molecule has 2 fully saturated rings. The van der Waals surface area contributed by atoms with E-state index in [2.05, 4.69) is 45.2 Å². The highest BCUT2D eigenvalue weighted by Crippen LogP contribution is 2.35. The zero-order chi connectivity index (χ0) is 17.1. The lowest BCUT2D eigenvalue weighted by Gasteiger charge is -2.26. The van der Waals surface area contributed by atoms with Gasteiger partial charge in [0.2, 0.25) is 0 Å². The van der Waals surface area contributed by atoms with Gasteiger partial charge in [-0.05, 0) is 37.1 Å². The van der Waals surface area contributed by atoms with Crippen molar-refractivity contribution in [1.29, 1.82) is 0 Å². The normalized spacial score (nSPS) is 21.6. The van der Waals surface area contributed by atoms with Crippen LogP contribution in [0, 0.1) is 0 Å². The van der Waals surface area contributed by atoms with Crippen molar-refractivity contribution in [2.75, 3.05) is 44.9 Å². The molecule has 6 heteroatoms. The van der Waals surface area contributed by atoms with Crippen LogP contribution in [-0.2, 0) is 11.3 Å². The maximum atomic E-state index is 5.43. The lowest BCUT2D eigenvalue weighted by molar-refractivity contribution is 0.122. The standard InChI is InChI=1S/C19H25N3O2S/c1-23-16-6-4-15(5-7-16)18-3-2-8-22(18)14-17-13-20-19(25-17)21-9-11-24-12-10-21/h4-7,13,18H,2-3,8-12,14H2,1H3/t18-/m1/s1. The minimum Gasteiger partial charge on any atom is -0.497 e. The first-order valence-electron chi connectivity index (χ1n) is 8.99. The van der Waals surface area contributed by atoms with Crippen molar-refractivity contribution in [1.82, 2.24) is 9.88 Å². The van der Waals surface area contributed by atoms with Crippen molar-refractivity contribution in [3.05, 3.63) is 40.9 Å². The molecular weight excluding hydrogens is 334 g/mol. The van der Waals surface area contributed by atoms with Gasteiger partial charge in [0, 0.05) is 36.8 Å². The average Bonchev–Trinajstić information content (AvgIpc) is 3.33. The smallest absolute Gasteiger partial charge is 0.185 e. The molecule has 2 aromatic rings. The number of ether oxygens (including phenoxy) is 2. The van der Waals surface area contributed by atoms with Gasteiger partial charge < -0.3 is 14.4 Å². The second-order valence-corrected chi connectivity index (χ2v) is 7.70. The lowest BCUT2D eigenvalue weighted by atomic mass is 10.0. The van der Waals surface area contributed by atoms with Crippen LogP contribution in [0.2, 0.25) is 0 Å². The van der Waals surface area contributed by atoms with Gasteiger partial charge in [0.05, 0.1) is 20.3 Å². The van der Waals surface area contributed by atoms with E-state index in [9.17, 15) is 0 Å². The van der Waals surface area contributed by atoms with Crippen LogP contribution in [0.4, 0.5) is 5.13 Å². The van der Waals surface area contributed by atoms with Crippen LogP contribution in [-0.4, -0.2) is 49.8 Å². The summed E-state index contributed by atoms with van der Waals surface area (Å²) < 4.78 is 10.7. The summed E-state index contributed by atoms with van der Waals surface area (Å²) in [6, 6.07) is 9.03. The number of thiazole rings is 1. The maximum Gasteiger partial charge on any atom is 0.185 e. The van der Waals surface area contributed by atoms with Crippen LogP contribution in [0.3, 0.4) is 0 Å². The molecule has 4 rings (SSSR count). The number of morpholine rings is 1. The molecule has 25 heavy (non-hydrogen) atoms. The number of hydrogen-bond acceptors (Lipinski definition) is 6. The summed E-state index contributed by atoms with van der Waals surface area (Å²) in [4.78, 5) is 10.9. The Bertz CT molecular complexity index is 682. The van der Waals surface area contributed by atoms with Gasteiger partial charge in [-0.1, -0.05) is 12.1 Å². The second kappa shape index (κ2) is 7.72. The number of anilines is 1. The number of aromatic nitrogens is 1. The average molecular weight is 359 g/mol. The van der Waals surface area contributed by atoms with Gasteiger partial charge in [-0.2, -0.15) is 0 Å². The number of hydrogen-bond donors (Lipinski definition) is 0. The van der Waals surface area contributed by atoms with E-state index in [0.29, 0.717) is 6.04 Å². The predicted octanol–water partition coefficient (Wildman–Crippen LogP) is 3.33. The van der Waals surface area contributed by atoms with E-state index in [-0.39, 0.29) is 0 Å². The highest BCUT2D eigenvalue weighted by atomic mass is 32.1. The summed E-state index contributed by atoms with van der Waals surface area (Å²) in [5, 5.41) is 1.14. The Labute approximate surface area is 153 Å². The summed E-state index contributed by atoms with van der Waals surface area (Å²) in [6.07, 6.45) is 4.53. The minimum atomic E-state index is 0.500. The fourth-order valence-corrected chi connectivity index (χ4v) is 4.68. The van der Waals surface area contributed by atoms with E-state index < -0.39 is 0 Å². The van der Waals surface area contributed by atoms with Gasteiger partial charge in [0.15, 0.2) is 5.13 Å². The molecule has 1 aromatic heterocycles. The number of nitrogens with zero attached hydrogens (tertiary/aromatic N) is 3. The summed E-state index contributed by atoms with van der Waals surface area (Å²) in [6.45, 7) is 5.65. The summed E-state index contributed by atoms with van der Waals surface area (Å²) >= 11 is 1.83. The molecule has 0 aliphatic carbocycles. The summed E-state index contributed by atoms with van der Waals surface area (Å²) in [5.41, 5.74) is 1.39. The number of methoxy groups -OCH3 is 1. The molecule has 0 spiro atoms. The number of likely N-dealkylation sites (tertiary alicyclic amines) is 1. The fourth-order valence-electron chi connectivity index (χ4n) is 3.69. The Morgan fingerprint density at radius 2 is 2.00 bits per heavy atom. The predicted molar refractivity (Wildman–Crippen MR) is 101 cm³/mol. The van der Waals surface area contributed by atoms with Gasteiger partial charge in [0.1, 0.15) is 5.75 Å². The Kier molecular flexibility index (Phi) is 5.20. The third kappa shape index (κ3) is 3.81. The molecule has 2 saturated heterocycles. The van der Waals surface area contributed by atoms with Crippen molar-refractivity contribution in [2.45, 2.75) is 25.4 Å². The molecule has 1 atom stereocenters. The quantitative estimate of drug-likeness (QED) is 0.819. The molecule has 0 N–H and O–H groups in total. The molecule has 1 aromatic carbocycles. The molecule has 5 nitrogen and oxygen atoms in total. The van der Waals surface area contributed by atoms with E-state index >= 15 is 0 Å². The number of rotatable bonds is 5. The molecule has 0 radical (unpaired) electrons. The zero-order valence-corrected chi connectivity index (χ0v) is 15.5. The minimum absolute atomic E-state index is 0.500. The van der Waals surface area contributed by atoms with Gasteiger partial charge in [-0.25, -0.2) is 4.98 Å². The van der Waals surface area contributed by atoms with Crippen molar-refractivity contribution in [3.8, 4) is 5.75 Å². The fraction of sp³-hybridized carbons (Fsp3) is 0.526. The lowest BCUT2D eigenvalue weighted by Crippen LogP contribution is -2.36. The van der Waals surface area contributed by atoms with Crippen LogP contribution in [0.15, 0.2) is 30.5 Å². The third-order valence-corrected chi connectivity index (χ3v) is 6.09. The molecular formula is C19H25N3O2S. The van der Waals surface area contributed by atoms with Crippen molar-refractivity contribution >= 4 is 16.5 Å². The van der Waals surface area contributed by atoms with Crippen LogP contribution in [0.25, 0.3) is 0 Å². The summed E-state index contributed by atoms with van der Waals surface area (Å²) in [5.74, 6) is 0.922. The van der Waals surface area contributed by atoms with E-state index in [1.165, 1.54) is 23.3 Å². The zero-order valence-electron chi connectivity index (χ0n) is 14.7. The molecule has 2 aliphatic rings. The van der Waals surface area contributed by atoms with Crippen LogP contribution in [0.5, 0.6) is 5.75 Å². The SMILES string of the molecule is COc1ccc([C@H]2CCCN2Cc2cnc(N3CCOCC3)s2)cc1. The van der Waals surface area contributed by atoms with E-state index in [4.69, 9.17) is 9.47 Å². The second-order valence-electron chi connectivity index (χ2n) is 6.61. The Balaban J connectivity index is 1.43. The van der Waals surface area contributed by atoms with Gasteiger partial charge in [0.25, 0.3) is 0 Å². The first kappa shape index (κ1) is 16.8. The summed E-state index contributed by atoms with van der Waals surface area (Å²) in [7, 11) is 1.72. The monoisotopic (exact) mass is 359 g/mol.